The van der Waals surface area contributed by atoms with Crippen LogP contribution in [0.5, 0.6) is 0 Å². The van der Waals surface area contributed by atoms with Gasteiger partial charge in [0, 0.05) is 6.04 Å². The summed E-state index contributed by atoms with van der Waals surface area (Å²) in [5.74, 6) is 0. The van der Waals surface area contributed by atoms with E-state index in [1.54, 1.807) is 0 Å². The standard InChI is InChI=1S/C4H11FN2.2ClH/c5-3-4(7)1-2-6;;/h4H,1-3,6-7H2;2*1H. The Bertz CT molecular complexity index is 47.5. The lowest BCUT2D eigenvalue weighted by atomic mass is 10.2. The summed E-state index contributed by atoms with van der Waals surface area (Å²) in [4.78, 5) is 0. The van der Waals surface area contributed by atoms with Gasteiger partial charge in [-0.15, -0.1) is 24.8 Å². The molecule has 60 valence electrons. The molecule has 0 aromatic heterocycles. The van der Waals surface area contributed by atoms with Crippen LogP contribution >= 0.6 is 24.8 Å². The van der Waals surface area contributed by atoms with Crippen LogP contribution in [0.25, 0.3) is 0 Å². The third-order valence-corrected chi connectivity index (χ3v) is 0.736. The van der Waals surface area contributed by atoms with Crippen molar-refractivity contribution in [2.45, 2.75) is 12.5 Å². The topological polar surface area (TPSA) is 52.0 Å². The Kier molecular flexibility index (Phi) is 20.3. The molecule has 0 aromatic rings. The van der Waals surface area contributed by atoms with Crippen molar-refractivity contribution in [3.8, 4) is 0 Å². The van der Waals surface area contributed by atoms with Gasteiger partial charge < -0.3 is 11.5 Å². The van der Waals surface area contributed by atoms with E-state index in [0.29, 0.717) is 13.0 Å². The first-order valence-corrected chi connectivity index (χ1v) is 2.33. The Balaban J connectivity index is -0.000000180. The van der Waals surface area contributed by atoms with E-state index in [1.807, 2.05) is 0 Å². The Morgan fingerprint density at radius 3 is 1.89 bits per heavy atom. The average molecular weight is 179 g/mol. The number of hydrogen-bond acceptors (Lipinski definition) is 2. The highest BCUT2D eigenvalue weighted by Gasteiger charge is 1.95. The van der Waals surface area contributed by atoms with Gasteiger partial charge >= 0.3 is 0 Å². The molecule has 4 N–H and O–H groups in total. The lowest BCUT2D eigenvalue weighted by molar-refractivity contribution is 0.416. The van der Waals surface area contributed by atoms with Gasteiger partial charge in [-0.25, -0.2) is 4.39 Å². The summed E-state index contributed by atoms with van der Waals surface area (Å²) in [5.41, 5.74) is 10.2. The second kappa shape index (κ2) is 11.3. The Morgan fingerprint density at radius 2 is 1.78 bits per heavy atom. The Morgan fingerprint density at radius 1 is 1.33 bits per heavy atom. The van der Waals surface area contributed by atoms with E-state index in [9.17, 15) is 4.39 Å². The number of hydrogen-bond donors (Lipinski definition) is 2. The fraction of sp³-hybridized carbons (Fsp3) is 1.00. The zero-order chi connectivity index (χ0) is 5.70. The van der Waals surface area contributed by atoms with E-state index in [0.717, 1.165) is 0 Å². The normalized spacial score (nSPS) is 11.0. The minimum atomic E-state index is -0.461. The van der Waals surface area contributed by atoms with Crippen LogP contribution in [0.15, 0.2) is 0 Å². The van der Waals surface area contributed by atoms with Crippen LogP contribution in [0.1, 0.15) is 6.42 Å². The molecule has 0 fully saturated rings. The molecule has 0 saturated heterocycles. The maximum absolute atomic E-state index is 11.4. The largest absolute Gasteiger partial charge is 0.330 e. The molecule has 0 spiro atoms. The van der Waals surface area contributed by atoms with Crippen molar-refractivity contribution in [1.29, 1.82) is 0 Å². The third-order valence-electron chi connectivity index (χ3n) is 0.736. The Labute approximate surface area is 67.0 Å². The number of halogens is 3. The molecule has 0 heterocycles. The summed E-state index contributed by atoms with van der Waals surface area (Å²) >= 11 is 0. The molecule has 0 amide bonds. The Hall–Kier alpha value is 0.430. The van der Waals surface area contributed by atoms with Gasteiger partial charge in [0.05, 0.1) is 0 Å². The van der Waals surface area contributed by atoms with Gasteiger partial charge in [-0.05, 0) is 13.0 Å². The molecule has 5 heteroatoms. The second-order valence-corrected chi connectivity index (χ2v) is 1.49. The SMILES string of the molecule is Cl.Cl.NCCC(N)CF. The molecule has 0 aliphatic rings. The summed E-state index contributed by atoms with van der Waals surface area (Å²) in [6, 6.07) is -0.343. The van der Waals surface area contributed by atoms with Gasteiger partial charge in [-0.3, -0.25) is 0 Å². The van der Waals surface area contributed by atoms with Gasteiger partial charge in [-0.2, -0.15) is 0 Å². The van der Waals surface area contributed by atoms with E-state index in [-0.39, 0.29) is 30.9 Å². The predicted molar refractivity (Wildman–Crippen MR) is 42.1 cm³/mol. The molecule has 0 aliphatic carbocycles. The van der Waals surface area contributed by atoms with E-state index >= 15 is 0 Å². The molecule has 0 radical (unpaired) electrons. The monoisotopic (exact) mass is 178 g/mol. The highest BCUT2D eigenvalue weighted by Crippen LogP contribution is 1.83. The quantitative estimate of drug-likeness (QED) is 0.661. The van der Waals surface area contributed by atoms with Crippen LogP contribution in [0.4, 0.5) is 4.39 Å². The van der Waals surface area contributed by atoms with Crippen molar-refractivity contribution in [3.05, 3.63) is 0 Å². The highest BCUT2D eigenvalue weighted by atomic mass is 35.5. The van der Waals surface area contributed by atoms with Crippen molar-refractivity contribution in [1.82, 2.24) is 0 Å². The molecular formula is C4H13Cl2FN2. The van der Waals surface area contributed by atoms with Gasteiger partial charge in [-0.1, -0.05) is 0 Å². The van der Waals surface area contributed by atoms with Crippen molar-refractivity contribution < 1.29 is 4.39 Å². The predicted octanol–water partition coefficient (Wildman–Crippen LogP) is 0.476. The molecular weight excluding hydrogens is 166 g/mol. The number of alkyl halides is 1. The fourth-order valence-corrected chi connectivity index (χ4v) is 0.291. The molecule has 0 rings (SSSR count). The summed E-state index contributed by atoms with van der Waals surface area (Å²) in [5, 5.41) is 0. The van der Waals surface area contributed by atoms with Crippen molar-refractivity contribution >= 4 is 24.8 Å². The van der Waals surface area contributed by atoms with E-state index in [2.05, 4.69) is 0 Å². The fourth-order valence-electron chi connectivity index (χ4n) is 0.291. The number of rotatable bonds is 3. The van der Waals surface area contributed by atoms with E-state index in [1.165, 1.54) is 0 Å². The van der Waals surface area contributed by atoms with Gasteiger partial charge in [0.25, 0.3) is 0 Å². The van der Waals surface area contributed by atoms with Crippen LogP contribution in [-0.2, 0) is 0 Å². The first kappa shape index (κ1) is 16.2. The molecule has 1 unspecified atom stereocenters. The maximum Gasteiger partial charge on any atom is 0.105 e. The van der Waals surface area contributed by atoms with Crippen molar-refractivity contribution in [2.24, 2.45) is 11.5 Å². The second-order valence-electron chi connectivity index (χ2n) is 1.49. The van der Waals surface area contributed by atoms with E-state index in [4.69, 9.17) is 11.5 Å². The number of nitrogens with two attached hydrogens (primary N) is 2. The maximum atomic E-state index is 11.4. The molecule has 0 saturated carbocycles. The molecule has 9 heavy (non-hydrogen) atoms. The molecule has 2 nitrogen and oxygen atoms in total. The van der Waals surface area contributed by atoms with Crippen LogP contribution in [0.2, 0.25) is 0 Å². The molecule has 0 bridgehead atoms. The minimum absolute atomic E-state index is 0. The highest BCUT2D eigenvalue weighted by molar-refractivity contribution is 5.85. The third kappa shape index (κ3) is 11.8. The van der Waals surface area contributed by atoms with Gasteiger partial charge in [0.1, 0.15) is 6.67 Å². The smallest absolute Gasteiger partial charge is 0.105 e. The first-order valence-electron chi connectivity index (χ1n) is 2.33. The van der Waals surface area contributed by atoms with Crippen LogP contribution in [-0.4, -0.2) is 19.3 Å². The summed E-state index contributed by atoms with van der Waals surface area (Å²) in [6.45, 7) is 0.0162. The first-order chi connectivity index (χ1) is 3.31. The van der Waals surface area contributed by atoms with Crippen molar-refractivity contribution in [2.75, 3.05) is 13.2 Å². The van der Waals surface area contributed by atoms with Gasteiger partial charge in [0.15, 0.2) is 0 Å². The molecule has 1 atom stereocenters. The summed E-state index contributed by atoms with van der Waals surface area (Å²) in [7, 11) is 0. The van der Waals surface area contributed by atoms with Crippen LogP contribution in [0.3, 0.4) is 0 Å². The van der Waals surface area contributed by atoms with Crippen molar-refractivity contribution in [3.63, 3.8) is 0 Å². The lowest BCUT2D eigenvalue weighted by Crippen LogP contribution is -2.25. The molecule has 0 aliphatic heterocycles. The van der Waals surface area contributed by atoms with Gasteiger partial charge in [0.2, 0.25) is 0 Å². The van der Waals surface area contributed by atoms with Crippen LogP contribution in [0, 0.1) is 0 Å². The van der Waals surface area contributed by atoms with Crippen LogP contribution < -0.4 is 11.5 Å². The average Bonchev–Trinajstić information content (AvgIpc) is 1.68. The van der Waals surface area contributed by atoms with E-state index < -0.39 is 6.67 Å². The minimum Gasteiger partial charge on any atom is -0.330 e. The zero-order valence-corrected chi connectivity index (χ0v) is 6.68. The molecule has 0 aromatic carbocycles. The zero-order valence-electron chi connectivity index (χ0n) is 5.05. The summed E-state index contributed by atoms with van der Waals surface area (Å²) < 4.78 is 11.4. The lowest BCUT2D eigenvalue weighted by Gasteiger charge is -2.00. The summed E-state index contributed by atoms with van der Waals surface area (Å²) in [6.07, 6.45) is 0.580.